The van der Waals surface area contributed by atoms with Crippen molar-refractivity contribution in [1.29, 1.82) is 0 Å². The van der Waals surface area contributed by atoms with E-state index in [0.717, 1.165) is 17.8 Å². The van der Waals surface area contributed by atoms with Crippen molar-refractivity contribution in [2.45, 2.75) is 6.92 Å². The summed E-state index contributed by atoms with van der Waals surface area (Å²) in [5.74, 6) is -1.23. The van der Waals surface area contributed by atoms with Gasteiger partial charge >= 0.3 is 0 Å². The molecule has 3 N–H and O–H groups in total. The van der Waals surface area contributed by atoms with E-state index in [9.17, 15) is 9.18 Å². The highest BCUT2D eigenvalue weighted by molar-refractivity contribution is 6.34. The van der Waals surface area contributed by atoms with Crippen LogP contribution in [0.5, 0.6) is 0 Å². The Morgan fingerprint density at radius 3 is 2.89 bits per heavy atom. The molecule has 0 fully saturated rings. The van der Waals surface area contributed by atoms with Crippen LogP contribution in [-0.4, -0.2) is 10.9 Å². The second kappa shape index (κ2) is 5.24. The Bertz CT molecular complexity index is 646. The summed E-state index contributed by atoms with van der Waals surface area (Å²) in [5.41, 5.74) is 6.89. The third-order valence-electron chi connectivity index (χ3n) is 2.50. The SMILES string of the molecule is Cc1ccc(Cl)c(NC(=O)c2cc(F)cnc2N)c1. The largest absolute Gasteiger partial charge is 0.383 e. The molecule has 0 bridgehead atoms. The van der Waals surface area contributed by atoms with E-state index in [1.807, 2.05) is 13.0 Å². The van der Waals surface area contributed by atoms with Crippen LogP contribution in [0.3, 0.4) is 0 Å². The van der Waals surface area contributed by atoms with Gasteiger partial charge in [0.2, 0.25) is 0 Å². The van der Waals surface area contributed by atoms with Gasteiger partial charge in [-0.3, -0.25) is 4.79 Å². The Morgan fingerprint density at radius 2 is 2.16 bits per heavy atom. The fraction of sp³-hybridized carbons (Fsp3) is 0.0769. The molecule has 2 rings (SSSR count). The zero-order valence-corrected chi connectivity index (χ0v) is 10.8. The van der Waals surface area contributed by atoms with Crippen LogP contribution in [0.15, 0.2) is 30.5 Å². The molecule has 98 valence electrons. The third kappa shape index (κ3) is 3.00. The molecule has 2 aromatic rings. The monoisotopic (exact) mass is 279 g/mol. The van der Waals surface area contributed by atoms with Crippen LogP contribution in [0.25, 0.3) is 0 Å². The normalized spacial score (nSPS) is 10.3. The summed E-state index contributed by atoms with van der Waals surface area (Å²) in [4.78, 5) is 15.6. The molecule has 0 aliphatic rings. The van der Waals surface area contributed by atoms with Gasteiger partial charge in [0.15, 0.2) is 0 Å². The molecule has 4 nitrogen and oxygen atoms in total. The maximum atomic E-state index is 13.1. The van der Waals surface area contributed by atoms with Crippen LogP contribution in [0.4, 0.5) is 15.9 Å². The maximum Gasteiger partial charge on any atom is 0.259 e. The van der Waals surface area contributed by atoms with Crippen molar-refractivity contribution >= 4 is 29.0 Å². The number of amides is 1. The number of aryl methyl sites for hydroxylation is 1. The summed E-state index contributed by atoms with van der Waals surface area (Å²) >= 11 is 5.96. The van der Waals surface area contributed by atoms with Crippen LogP contribution >= 0.6 is 11.6 Å². The fourth-order valence-electron chi connectivity index (χ4n) is 1.56. The number of nitrogens with one attached hydrogen (secondary N) is 1. The van der Waals surface area contributed by atoms with E-state index in [1.165, 1.54) is 0 Å². The summed E-state index contributed by atoms with van der Waals surface area (Å²) < 4.78 is 13.1. The van der Waals surface area contributed by atoms with E-state index in [1.54, 1.807) is 12.1 Å². The van der Waals surface area contributed by atoms with Crippen LogP contribution in [0, 0.1) is 12.7 Å². The molecule has 0 spiro atoms. The van der Waals surface area contributed by atoms with Gasteiger partial charge in [0.05, 0.1) is 22.5 Å². The third-order valence-corrected chi connectivity index (χ3v) is 2.83. The molecular weight excluding hydrogens is 269 g/mol. The maximum absolute atomic E-state index is 13.1. The molecule has 0 saturated heterocycles. The van der Waals surface area contributed by atoms with Gasteiger partial charge in [0.1, 0.15) is 11.6 Å². The smallest absolute Gasteiger partial charge is 0.259 e. The van der Waals surface area contributed by atoms with Gasteiger partial charge in [0, 0.05) is 0 Å². The Kier molecular flexibility index (Phi) is 3.66. The number of nitrogens with two attached hydrogens (primary N) is 1. The Balaban J connectivity index is 2.30. The molecule has 1 aromatic heterocycles. The minimum absolute atomic E-state index is 0.0300. The highest BCUT2D eigenvalue weighted by Crippen LogP contribution is 2.24. The van der Waals surface area contributed by atoms with Gasteiger partial charge in [0.25, 0.3) is 5.91 Å². The number of pyridine rings is 1. The van der Waals surface area contributed by atoms with Gasteiger partial charge in [-0.15, -0.1) is 0 Å². The number of nitrogens with zero attached hydrogens (tertiary/aromatic N) is 1. The first-order chi connectivity index (χ1) is 8.97. The van der Waals surface area contributed by atoms with Crippen molar-refractivity contribution in [3.63, 3.8) is 0 Å². The lowest BCUT2D eigenvalue weighted by Crippen LogP contribution is -2.15. The van der Waals surface area contributed by atoms with Crippen LogP contribution in [0.2, 0.25) is 5.02 Å². The fourth-order valence-corrected chi connectivity index (χ4v) is 1.72. The molecule has 0 saturated carbocycles. The lowest BCUT2D eigenvalue weighted by atomic mass is 10.2. The number of carbonyl (C=O) groups excluding carboxylic acids is 1. The zero-order valence-electron chi connectivity index (χ0n) is 10.1. The lowest BCUT2D eigenvalue weighted by molar-refractivity contribution is 0.102. The summed E-state index contributed by atoms with van der Waals surface area (Å²) in [6, 6.07) is 6.22. The van der Waals surface area contributed by atoms with Crippen LogP contribution in [-0.2, 0) is 0 Å². The molecule has 19 heavy (non-hydrogen) atoms. The molecule has 1 aromatic carbocycles. The average molecular weight is 280 g/mol. The van der Waals surface area contributed by atoms with Crippen LogP contribution < -0.4 is 11.1 Å². The van der Waals surface area contributed by atoms with E-state index < -0.39 is 11.7 Å². The average Bonchev–Trinajstić information content (AvgIpc) is 2.36. The Hall–Kier alpha value is -2.14. The molecular formula is C13H11ClFN3O. The molecule has 0 aliphatic carbocycles. The quantitative estimate of drug-likeness (QED) is 0.888. The van der Waals surface area contributed by atoms with Gasteiger partial charge < -0.3 is 11.1 Å². The first-order valence-corrected chi connectivity index (χ1v) is 5.83. The number of halogens is 2. The van der Waals surface area contributed by atoms with E-state index >= 15 is 0 Å². The van der Waals surface area contributed by atoms with Crippen molar-refractivity contribution in [2.24, 2.45) is 0 Å². The molecule has 1 amide bonds. The Labute approximate surface area is 114 Å². The number of benzene rings is 1. The summed E-state index contributed by atoms with van der Waals surface area (Å²) in [6.45, 7) is 1.87. The van der Waals surface area contributed by atoms with Gasteiger partial charge in [-0.25, -0.2) is 9.37 Å². The first-order valence-electron chi connectivity index (χ1n) is 5.46. The number of hydrogen-bond donors (Lipinski definition) is 2. The zero-order chi connectivity index (χ0) is 14.0. The van der Waals surface area contributed by atoms with Crippen LogP contribution in [0.1, 0.15) is 15.9 Å². The van der Waals surface area contributed by atoms with Gasteiger partial charge in [-0.2, -0.15) is 0 Å². The second-order valence-electron chi connectivity index (χ2n) is 4.02. The number of rotatable bonds is 2. The number of aromatic nitrogens is 1. The number of hydrogen-bond acceptors (Lipinski definition) is 3. The number of nitrogen functional groups attached to an aromatic ring is 1. The van der Waals surface area contributed by atoms with E-state index in [2.05, 4.69) is 10.3 Å². The highest BCUT2D eigenvalue weighted by Gasteiger charge is 2.13. The number of carbonyl (C=O) groups is 1. The molecule has 0 aliphatic heterocycles. The van der Waals surface area contributed by atoms with E-state index in [-0.39, 0.29) is 11.4 Å². The van der Waals surface area contributed by atoms with Gasteiger partial charge in [-0.1, -0.05) is 17.7 Å². The van der Waals surface area contributed by atoms with E-state index in [4.69, 9.17) is 17.3 Å². The molecule has 0 atom stereocenters. The molecule has 1 heterocycles. The standard InChI is InChI=1S/C13H11ClFN3O/c1-7-2-3-10(14)11(4-7)18-13(19)9-5-8(15)6-17-12(9)16/h2-6H,1H3,(H2,16,17)(H,18,19). The summed E-state index contributed by atoms with van der Waals surface area (Å²) in [5, 5.41) is 2.97. The van der Waals surface area contributed by atoms with Crippen molar-refractivity contribution in [1.82, 2.24) is 4.98 Å². The van der Waals surface area contributed by atoms with Gasteiger partial charge in [-0.05, 0) is 30.7 Å². The first kappa shape index (κ1) is 13.3. The Morgan fingerprint density at radius 1 is 1.42 bits per heavy atom. The van der Waals surface area contributed by atoms with E-state index in [0.29, 0.717) is 10.7 Å². The van der Waals surface area contributed by atoms with Crippen molar-refractivity contribution in [3.05, 3.63) is 52.4 Å². The molecule has 0 radical (unpaired) electrons. The minimum Gasteiger partial charge on any atom is -0.383 e. The summed E-state index contributed by atoms with van der Waals surface area (Å²) in [6.07, 6.45) is 0.950. The molecule has 0 unspecified atom stereocenters. The van der Waals surface area contributed by atoms with Crippen molar-refractivity contribution in [2.75, 3.05) is 11.1 Å². The summed E-state index contributed by atoms with van der Waals surface area (Å²) in [7, 11) is 0. The topological polar surface area (TPSA) is 68.0 Å². The number of anilines is 2. The predicted molar refractivity (Wildman–Crippen MR) is 72.7 cm³/mol. The van der Waals surface area contributed by atoms with Crippen molar-refractivity contribution in [3.8, 4) is 0 Å². The predicted octanol–water partition coefficient (Wildman–Crippen LogP) is 3.02. The minimum atomic E-state index is -0.630. The second-order valence-corrected chi connectivity index (χ2v) is 4.43. The highest BCUT2D eigenvalue weighted by atomic mass is 35.5. The van der Waals surface area contributed by atoms with Crippen molar-refractivity contribution < 1.29 is 9.18 Å². The lowest BCUT2D eigenvalue weighted by Gasteiger charge is -2.09. The molecule has 6 heteroatoms.